The monoisotopic (exact) mass is 487 g/mol. The summed E-state index contributed by atoms with van der Waals surface area (Å²) in [6.07, 6.45) is -2.15. The maximum absolute atomic E-state index is 12.9. The van der Waals surface area contributed by atoms with Gasteiger partial charge in [-0.1, -0.05) is 22.9 Å². The Morgan fingerprint density at radius 1 is 1.14 bits per heavy atom. The van der Waals surface area contributed by atoms with E-state index in [0.717, 1.165) is 24.8 Å². The molecule has 1 aliphatic rings. The van der Waals surface area contributed by atoms with Gasteiger partial charge in [-0.3, -0.25) is 4.79 Å². The summed E-state index contributed by atoms with van der Waals surface area (Å²) in [4.78, 5) is 30.5. The fourth-order valence-corrected chi connectivity index (χ4v) is 3.93. The number of amides is 3. The predicted molar refractivity (Wildman–Crippen MR) is 122 cm³/mol. The van der Waals surface area contributed by atoms with E-state index in [0.29, 0.717) is 29.9 Å². The van der Waals surface area contributed by atoms with E-state index in [1.165, 1.54) is 12.1 Å². The number of aryl methyl sites for hydroxylation is 1. The predicted octanol–water partition coefficient (Wildman–Crippen LogP) is 4.88. The standard InChI is InChI=1S/C24H24F3N5O3/c1-15-5-4-6-17(13-15)21(33)28-14-19-7-2-3-12-32(19)23(34)29-18-10-8-16(9-11-18)20-30-22(35-31-20)24(25,26)27/h4-6,8-11,13,19H,2-3,7,12,14H2,1H3,(H,28,33)(H,29,34). The average Bonchev–Trinajstić information content (AvgIpc) is 3.34. The fraction of sp³-hybridized carbons (Fsp3) is 0.333. The number of rotatable bonds is 5. The Bertz CT molecular complexity index is 1190. The molecular formula is C24H24F3N5O3. The Morgan fingerprint density at radius 2 is 1.91 bits per heavy atom. The van der Waals surface area contributed by atoms with Crippen LogP contribution in [-0.2, 0) is 6.18 Å². The first-order valence-electron chi connectivity index (χ1n) is 11.1. The van der Waals surface area contributed by atoms with Gasteiger partial charge in [0.05, 0.1) is 6.04 Å². The summed E-state index contributed by atoms with van der Waals surface area (Å²) in [5, 5.41) is 9.08. The normalized spacial score (nSPS) is 16.1. The van der Waals surface area contributed by atoms with E-state index in [4.69, 9.17) is 0 Å². The number of piperidine rings is 1. The second-order valence-corrected chi connectivity index (χ2v) is 8.35. The minimum Gasteiger partial charge on any atom is -0.350 e. The fourth-order valence-electron chi connectivity index (χ4n) is 3.93. The van der Waals surface area contributed by atoms with Crippen LogP contribution < -0.4 is 10.6 Å². The summed E-state index contributed by atoms with van der Waals surface area (Å²) in [5.74, 6) is -1.81. The number of likely N-dealkylation sites (tertiary alicyclic amines) is 1. The Hall–Kier alpha value is -3.89. The van der Waals surface area contributed by atoms with Gasteiger partial charge in [-0.25, -0.2) is 4.79 Å². The highest BCUT2D eigenvalue weighted by atomic mass is 19.4. The molecule has 2 heterocycles. The van der Waals surface area contributed by atoms with Crippen molar-refractivity contribution in [3.63, 3.8) is 0 Å². The number of anilines is 1. The van der Waals surface area contributed by atoms with Crippen LogP contribution in [0.2, 0.25) is 0 Å². The maximum atomic E-state index is 12.9. The van der Waals surface area contributed by atoms with Gasteiger partial charge in [0.15, 0.2) is 0 Å². The summed E-state index contributed by atoms with van der Waals surface area (Å²) in [6, 6.07) is 12.9. The van der Waals surface area contributed by atoms with E-state index in [9.17, 15) is 22.8 Å². The molecule has 1 fully saturated rings. The largest absolute Gasteiger partial charge is 0.471 e. The molecule has 3 amide bonds. The molecular weight excluding hydrogens is 463 g/mol. The number of carbonyl (C=O) groups excluding carboxylic acids is 2. The van der Waals surface area contributed by atoms with Gasteiger partial charge in [-0.05, 0) is 62.6 Å². The van der Waals surface area contributed by atoms with Crippen LogP contribution >= 0.6 is 0 Å². The molecule has 2 N–H and O–H groups in total. The number of aromatic nitrogens is 2. The highest BCUT2D eigenvalue weighted by Crippen LogP contribution is 2.29. The molecule has 1 saturated heterocycles. The van der Waals surface area contributed by atoms with Gasteiger partial charge in [-0.15, -0.1) is 0 Å². The number of benzene rings is 2. The quantitative estimate of drug-likeness (QED) is 0.534. The van der Waals surface area contributed by atoms with Crippen molar-refractivity contribution in [1.29, 1.82) is 0 Å². The molecule has 4 rings (SSSR count). The molecule has 0 radical (unpaired) electrons. The molecule has 1 aromatic heterocycles. The lowest BCUT2D eigenvalue weighted by Crippen LogP contribution is -2.50. The van der Waals surface area contributed by atoms with Crippen molar-refractivity contribution in [2.75, 3.05) is 18.4 Å². The number of nitrogens with one attached hydrogen (secondary N) is 2. The van der Waals surface area contributed by atoms with Crippen LogP contribution in [0.4, 0.5) is 23.7 Å². The zero-order chi connectivity index (χ0) is 25.0. The Morgan fingerprint density at radius 3 is 2.60 bits per heavy atom. The number of carbonyl (C=O) groups is 2. The Kier molecular flexibility index (Phi) is 7.04. The third-order valence-corrected chi connectivity index (χ3v) is 5.73. The average molecular weight is 487 g/mol. The van der Waals surface area contributed by atoms with Gasteiger partial charge >= 0.3 is 18.1 Å². The lowest BCUT2D eigenvalue weighted by molar-refractivity contribution is -0.159. The number of alkyl halides is 3. The molecule has 1 aliphatic heterocycles. The molecule has 0 aliphatic carbocycles. The minimum absolute atomic E-state index is 0.156. The van der Waals surface area contributed by atoms with Crippen molar-refractivity contribution in [3.8, 4) is 11.4 Å². The van der Waals surface area contributed by atoms with E-state index >= 15 is 0 Å². The lowest BCUT2D eigenvalue weighted by atomic mass is 10.0. The van der Waals surface area contributed by atoms with E-state index in [-0.39, 0.29) is 23.8 Å². The number of nitrogens with zero attached hydrogens (tertiary/aromatic N) is 3. The summed E-state index contributed by atoms with van der Waals surface area (Å²) in [5.41, 5.74) is 2.34. The van der Waals surface area contributed by atoms with Crippen molar-refractivity contribution in [2.45, 2.75) is 38.4 Å². The van der Waals surface area contributed by atoms with E-state index < -0.39 is 12.1 Å². The third kappa shape index (κ3) is 5.97. The third-order valence-electron chi connectivity index (χ3n) is 5.73. The smallest absolute Gasteiger partial charge is 0.350 e. The van der Waals surface area contributed by atoms with Crippen molar-refractivity contribution in [3.05, 3.63) is 65.5 Å². The van der Waals surface area contributed by atoms with Crippen molar-refractivity contribution < 1.29 is 27.3 Å². The van der Waals surface area contributed by atoms with Crippen LogP contribution in [0.3, 0.4) is 0 Å². The first-order valence-corrected chi connectivity index (χ1v) is 11.1. The van der Waals surface area contributed by atoms with E-state index in [2.05, 4.69) is 25.3 Å². The van der Waals surface area contributed by atoms with Gasteiger partial charge in [0, 0.05) is 29.9 Å². The summed E-state index contributed by atoms with van der Waals surface area (Å²) >= 11 is 0. The molecule has 184 valence electrons. The number of hydrogen-bond donors (Lipinski definition) is 2. The number of halogens is 3. The molecule has 11 heteroatoms. The van der Waals surface area contributed by atoms with Gasteiger partial charge in [0.2, 0.25) is 5.82 Å². The Balaban J connectivity index is 1.36. The van der Waals surface area contributed by atoms with Crippen LogP contribution in [0.15, 0.2) is 53.1 Å². The van der Waals surface area contributed by atoms with Gasteiger partial charge in [-0.2, -0.15) is 18.2 Å². The highest BCUT2D eigenvalue weighted by molar-refractivity contribution is 5.94. The molecule has 35 heavy (non-hydrogen) atoms. The molecule has 2 aromatic carbocycles. The van der Waals surface area contributed by atoms with E-state index in [1.54, 1.807) is 23.1 Å². The number of urea groups is 1. The molecule has 8 nitrogen and oxygen atoms in total. The summed E-state index contributed by atoms with van der Waals surface area (Å²) in [7, 11) is 0. The molecule has 1 unspecified atom stereocenters. The first kappa shape index (κ1) is 24.2. The SMILES string of the molecule is Cc1cccc(C(=O)NCC2CCCCN2C(=O)Nc2ccc(-c3noc(C(F)(F)F)n3)cc2)c1. The van der Waals surface area contributed by atoms with Gasteiger partial charge < -0.3 is 20.1 Å². The molecule has 1 atom stereocenters. The van der Waals surface area contributed by atoms with Gasteiger partial charge in [0.25, 0.3) is 5.91 Å². The van der Waals surface area contributed by atoms with Crippen molar-refractivity contribution >= 4 is 17.6 Å². The Labute approximate surface area is 199 Å². The summed E-state index contributed by atoms with van der Waals surface area (Å²) in [6.45, 7) is 2.80. The summed E-state index contributed by atoms with van der Waals surface area (Å²) < 4.78 is 42.2. The van der Waals surface area contributed by atoms with E-state index in [1.807, 2.05) is 25.1 Å². The van der Waals surface area contributed by atoms with Crippen LogP contribution in [0.5, 0.6) is 0 Å². The lowest BCUT2D eigenvalue weighted by Gasteiger charge is -2.35. The zero-order valence-electron chi connectivity index (χ0n) is 18.9. The second kappa shape index (κ2) is 10.2. The van der Waals surface area contributed by atoms with Crippen molar-refractivity contribution in [1.82, 2.24) is 20.4 Å². The maximum Gasteiger partial charge on any atom is 0.471 e. The highest BCUT2D eigenvalue weighted by Gasteiger charge is 2.38. The van der Waals surface area contributed by atoms with Crippen LogP contribution in [0.25, 0.3) is 11.4 Å². The zero-order valence-corrected chi connectivity index (χ0v) is 18.9. The number of hydrogen-bond acceptors (Lipinski definition) is 5. The van der Waals surface area contributed by atoms with Crippen LogP contribution in [0.1, 0.15) is 41.1 Å². The van der Waals surface area contributed by atoms with Crippen molar-refractivity contribution in [2.24, 2.45) is 0 Å². The molecule has 0 spiro atoms. The topological polar surface area (TPSA) is 100 Å². The van der Waals surface area contributed by atoms with Gasteiger partial charge in [0.1, 0.15) is 0 Å². The second-order valence-electron chi connectivity index (χ2n) is 8.35. The first-order chi connectivity index (χ1) is 16.7. The van der Waals surface area contributed by atoms with Crippen LogP contribution in [-0.4, -0.2) is 46.1 Å². The molecule has 3 aromatic rings. The van der Waals surface area contributed by atoms with Crippen LogP contribution in [0, 0.1) is 6.92 Å². The molecule has 0 bridgehead atoms. The molecule has 0 saturated carbocycles. The minimum atomic E-state index is -4.72.